The minimum Gasteiger partial charge on any atom is -0.388 e. The number of nitrogens with zero attached hydrogens (tertiary/aromatic N) is 1. The molecule has 0 radical (unpaired) electrons. The lowest BCUT2D eigenvalue weighted by Gasteiger charge is -2.10. The lowest BCUT2D eigenvalue weighted by Crippen LogP contribution is -2.09. The fourth-order valence-corrected chi connectivity index (χ4v) is 4.00. The second-order valence-corrected chi connectivity index (χ2v) is 8.11. The van der Waals surface area contributed by atoms with Gasteiger partial charge in [-0.15, -0.1) is 0 Å². The highest BCUT2D eigenvalue weighted by Crippen LogP contribution is 2.30. The smallest absolute Gasteiger partial charge is 0.201 e. The molecule has 0 amide bonds. The third-order valence-electron chi connectivity index (χ3n) is 5.09. The van der Waals surface area contributed by atoms with E-state index >= 15 is 4.39 Å². The summed E-state index contributed by atoms with van der Waals surface area (Å²) in [4.78, 5) is 20.5. The Morgan fingerprint density at radius 1 is 1.12 bits per heavy atom. The number of benzene rings is 2. The number of halogens is 2. The summed E-state index contributed by atoms with van der Waals surface area (Å²) in [6, 6.07) is 11.9. The number of aromatic amines is 1. The molecule has 32 heavy (non-hydrogen) atoms. The largest absolute Gasteiger partial charge is 0.388 e. The Labute approximate surface area is 188 Å². The molecule has 0 fully saturated rings. The highest BCUT2D eigenvalue weighted by Gasteiger charge is 2.24. The van der Waals surface area contributed by atoms with E-state index in [-0.39, 0.29) is 11.3 Å². The molecule has 8 heteroatoms. The molecule has 4 rings (SSSR count). The van der Waals surface area contributed by atoms with Gasteiger partial charge in [0.1, 0.15) is 11.5 Å². The quantitative estimate of drug-likeness (QED) is 0.167. The monoisotopic (exact) mass is 452 g/mol. The van der Waals surface area contributed by atoms with E-state index in [9.17, 15) is 9.18 Å². The predicted molar refractivity (Wildman–Crippen MR) is 127 cm³/mol. The van der Waals surface area contributed by atoms with Crippen LogP contribution in [0.25, 0.3) is 22.2 Å². The van der Waals surface area contributed by atoms with Crippen molar-refractivity contribution in [3.05, 3.63) is 77.6 Å². The Kier molecular flexibility index (Phi) is 6.41. The normalized spacial score (nSPS) is 11.0. The first-order valence-corrected chi connectivity index (χ1v) is 11.2. The van der Waals surface area contributed by atoms with Gasteiger partial charge in [0, 0.05) is 47.4 Å². The summed E-state index contributed by atoms with van der Waals surface area (Å²) in [7, 11) is 1.84. The van der Waals surface area contributed by atoms with Crippen LogP contribution in [0.2, 0.25) is 0 Å². The maximum absolute atomic E-state index is 15.1. The molecule has 0 aliphatic carbocycles. The first kappa shape index (κ1) is 21.8. The van der Waals surface area contributed by atoms with Gasteiger partial charge in [-0.05, 0) is 42.3 Å². The summed E-state index contributed by atoms with van der Waals surface area (Å²) in [6.45, 7) is 2.00. The van der Waals surface area contributed by atoms with Gasteiger partial charge < -0.3 is 15.0 Å². The number of ketones is 1. The molecule has 0 spiro atoms. The van der Waals surface area contributed by atoms with Crippen LogP contribution in [0.3, 0.4) is 0 Å². The van der Waals surface area contributed by atoms with E-state index in [0.717, 1.165) is 35.1 Å². The number of carbonyl (C=O) groups excluding carboxylic acids is 1. The molecule has 164 valence electrons. The number of anilines is 2. The number of hydrogen-bond donors (Lipinski definition) is 3. The van der Waals surface area contributed by atoms with Gasteiger partial charge in [-0.3, -0.25) is 4.79 Å². The highest BCUT2D eigenvalue weighted by molar-refractivity contribution is 8.00. The number of pyridine rings is 1. The van der Waals surface area contributed by atoms with Crippen LogP contribution in [0.1, 0.15) is 29.3 Å². The molecule has 2 aromatic heterocycles. The Morgan fingerprint density at radius 3 is 2.62 bits per heavy atom. The van der Waals surface area contributed by atoms with Crippen molar-refractivity contribution in [1.82, 2.24) is 9.97 Å². The van der Waals surface area contributed by atoms with E-state index in [2.05, 4.69) is 20.0 Å². The summed E-state index contributed by atoms with van der Waals surface area (Å²) in [5.41, 5.74) is 2.80. The van der Waals surface area contributed by atoms with Crippen LogP contribution in [-0.4, -0.2) is 28.6 Å². The Morgan fingerprint density at radius 2 is 1.91 bits per heavy atom. The molecular weight excluding hydrogens is 430 g/mol. The topological polar surface area (TPSA) is 69.8 Å². The fraction of sp³-hybridized carbons (Fsp3) is 0.167. The SMILES string of the molecule is CCCSNc1ccc(F)c(C(=O)c2c[nH]c3ncc(-c4ccc(NC)cc4)cc23)c1F. The molecule has 0 aliphatic heterocycles. The third kappa shape index (κ3) is 4.18. The minimum atomic E-state index is -0.903. The van der Waals surface area contributed by atoms with Gasteiger partial charge in [0.15, 0.2) is 5.82 Å². The molecular formula is C24H22F2N4OS. The van der Waals surface area contributed by atoms with Crippen LogP contribution in [0.5, 0.6) is 0 Å². The Balaban J connectivity index is 1.73. The van der Waals surface area contributed by atoms with E-state index in [1.807, 2.05) is 38.2 Å². The number of aromatic nitrogens is 2. The summed E-state index contributed by atoms with van der Waals surface area (Å²) in [5.74, 6) is -1.79. The van der Waals surface area contributed by atoms with Crippen molar-refractivity contribution in [3.8, 4) is 11.1 Å². The molecule has 3 N–H and O–H groups in total. The van der Waals surface area contributed by atoms with Gasteiger partial charge in [-0.2, -0.15) is 0 Å². The average molecular weight is 453 g/mol. The number of hydrogen-bond acceptors (Lipinski definition) is 5. The van der Waals surface area contributed by atoms with E-state index in [1.165, 1.54) is 24.2 Å². The van der Waals surface area contributed by atoms with Crippen LogP contribution in [0, 0.1) is 11.6 Å². The maximum Gasteiger partial charge on any atom is 0.201 e. The maximum atomic E-state index is 15.1. The van der Waals surface area contributed by atoms with Crippen molar-refractivity contribution >= 4 is 40.1 Å². The molecule has 0 unspecified atom stereocenters. The van der Waals surface area contributed by atoms with Gasteiger partial charge in [0.25, 0.3) is 0 Å². The van der Waals surface area contributed by atoms with Crippen LogP contribution in [0.15, 0.2) is 54.9 Å². The summed E-state index contributed by atoms with van der Waals surface area (Å²) >= 11 is 1.30. The highest BCUT2D eigenvalue weighted by atomic mass is 32.2. The first-order valence-electron chi connectivity index (χ1n) is 10.2. The molecule has 4 aromatic rings. The van der Waals surface area contributed by atoms with Gasteiger partial charge in [-0.1, -0.05) is 31.0 Å². The lowest BCUT2D eigenvalue weighted by molar-refractivity contribution is 0.103. The predicted octanol–water partition coefficient (Wildman–Crippen LogP) is 6.25. The van der Waals surface area contributed by atoms with Gasteiger partial charge in [-0.25, -0.2) is 13.8 Å². The first-order chi connectivity index (χ1) is 15.5. The standard InChI is InChI=1S/C24H22F2N4OS/c1-3-10-32-30-20-9-8-19(25)21(22(20)26)23(31)18-13-29-24-17(18)11-15(12-28-24)14-4-6-16(27-2)7-5-14/h4-9,11-13,27,30H,3,10H2,1-2H3,(H,28,29). The van der Waals surface area contributed by atoms with E-state index < -0.39 is 23.0 Å². The van der Waals surface area contributed by atoms with Crippen LogP contribution in [-0.2, 0) is 0 Å². The summed E-state index contributed by atoms with van der Waals surface area (Å²) < 4.78 is 32.5. The van der Waals surface area contributed by atoms with Crippen LogP contribution in [0.4, 0.5) is 20.2 Å². The minimum absolute atomic E-state index is 0.0801. The van der Waals surface area contributed by atoms with Crippen molar-refractivity contribution in [2.24, 2.45) is 0 Å². The van der Waals surface area contributed by atoms with E-state index in [4.69, 9.17) is 0 Å². The molecule has 0 saturated heterocycles. The lowest BCUT2D eigenvalue weighted by atomic mass is 9.99. The van der Waals surface area contributed by atoms with Crippen molar-refractivity contribution in [3.63, 3.8) is 0 Å². The van der Waals surface area contributed by atoms with Gasteiger partial charge in [0.2, 0.25) is 5.78 Å². The van der Waals surface area contributed by atoms with Crippen LogP contribution >= 0.6 is 11.9 Å². The second-order valence-electron chi connectivity index (χ2n) is 7.21. The number of fused-ring (bicyclic) bond motifs is 1. The number of H-pyrrole nitrogens is 1. The average Bonchev–Trinajstić information content (AvgIpc) is 3.24. The van der Waals surface area contributed by atoms with Crippen LogP contribution < -0.4 is 10.0 Å². The van der Waals surface area contributed by atoms with E-state index in [1.54, 1.807) is 12.3 Å². The molecule has 0 bridgehead atoms. The molecule has 0 saturated carbocycles. The van der Waals surface area contributed by atoms with Gasteiger partial charge in [0.05, 0.1) is 11.3 Å². The van der Waals surface area contributed by atoms with Crippen molar-refractivity contribution in [1.29, 1.82) is 0 Å². The zero-order valence-corrected chi connectivity index (χ0v) is 18.4. The van der Waals surface area contributed by atoms with Crippen molar-refractivity contribution in [2.45, 2.75) is 13.3 Å². The number of carbonyl (C=O) groups is 1. The Bertz CT molecular complexity index is 1270. The molecule has 5 nitrogen and oxygen atoms in total. The molecule has 2 aromatic carbocycles. The second kappa shape index (κ2) is 9.40. The molecule has 0 atom stereocenters. The fourth-order valence-electron chi connectivity index (χ4n) is 3.38. The summed E-state index contributed by atoms with van der Waals surface area (Å²) in [5, 5.41) is 3.56. The van der Waals surface area contributed by atoms with Crippen molar-refractivity contribution in [2.75, 3.05) is 22.8 Å². The van der Waals surface area contributed by atoms with Gasteiger partial charge >= 0.3 is 0 Å². The molecule has 0 aliphatic rings. The third-order valence-corrected chi connectivity index (χ3v) is 6.07. The molecule has 2 heterocycles. The van der Waals surface area contributed by atoms with Crippen molar-refractivity contribution < 1.29 is 13.6 Å². The summed E-state index contributed by atoms with van der Waals surface area (Å²) in [6.07, 6.45) is 4.03. The zero-order valence-electron chi connectivity index (χ0n) is 17.6. The number of nitrogens with one attached hydrogen (secondary N) is 3. The van der Waals surface area contributed by atoms with E-state index in [0.29, 0.717) is 11.0 Å². The Hall–Kier alpha value is -3.39. The zero-order chi connectivity index (χ0) is 22.7. The number of rotatable bonds is 8.